The standard InChI is InChI=1S/C20H17Cl2N3O3/c1-2-25(12-17(26)24-20-13(21)6-5-7-14(20)22)19(27)11-10-18-23-15-8-3-4-9-16(15)28-18/h3-11H,2,12H2,1H3,(H,24,26)/b11-10+. The Labute approximate surface area is 171 Å². The predicted octanol–water partition coefficient (Wildman–Crippen LogP) is 4.64. The molecule has 3 aromatic rings. The van der Waals surface area contributed by atoms with Gasteiger partial charge < -0.3 is 14.6 Å². The number of aromatic nitrogens is 1. The molecule has 0 atom stereocenters. The lowest BCUT2D eigenvalue weighted by Crippen LogP contribution is -2.37. The topological polar surface area (TPSA) is 75.4 Å². The van der Waals surface area contributed by atoms with E-state index in [1.165, 1.54) is 17.1 Å². The van der Waals surface area contributed by atoms with Crippen molar-refractivity contribution in [2.45, 2.75) is 6.92 Å². The Bertz CT molecular complexity index is 993. The molecule has 0 saturated carbocycles. The van der Waals surface area contributed by atoms with E-state index in [-0.39, 0.29) is 12.5 Å². The summed E-state index contributed by atoms with van der Waals surface area (Å²) in [5, 5.41) is 3.29. The zero-order valence-corrected chi connectivity index (χ0v) is 16.5. The average Bonchev–Trinajstić information content (AvgIpc) is 3.10. The first-order chi connectivity index (χ1) is 13.5. The van der Waals surface area contributed by atoms with E-state index < -0.39 is 5.91 Å². The fourth-order valence-electron chi connectivity index (χ4n) is 2.52. The van der Waals surface area contributed by atoms with E-state index in [4.69, 9.17) is 27.6 Å². The second kappa shape index (κ2) is 8.91. The number of rotatable bonds is 6. The van der Waals surface area contributed by atoms with Crippen molar-refractivity contribution in [3.05, 3.63) is 64.5 Å². The van der Waals surface area contributed by atoms with Crippen molar-refractivity contribution in [3.8, 4) is 0 Å². The van der Waals surface area contributed by atoms with Crippen LogP contribution in [0.1, 0.15) is 12.8 Å². The number of hydrogen-bond acceptors (Lipinski definition) is 4. The number of anilines is 1. The number of para-hydroxylation sites is 3. The molecule has 144 valence electrons. The van der Waals surface area contributed by atoms with Gasteiger partial charge in [-0.2, -0.15) is 0 Å². The van der Waals surface area contributed by atoms with Crippen molar-refractivity contribution in [1.29, 1.82) is 0 Å². The van der Waals surface area contributed by atoms with E-state index in [9.17, 15) is 9.59 Å². The lowest BCUT2D eigenvalue weighted by Gasteiger charge is -2.19. The van der Waals surface area contributed by atoms with Gasteiger partial charge in [0, 0.05) is 18.7 Å². The number of benzene rings is 2. The van der Waals surface area contributed by atoms with Crippen LogP contribution in [0.25, 0.3) is 17.2 Å². The number of nitrogens with one attached hydrogen (secondary N) is 1. The summed E-state index contributed by atoms with van der Waals surface area (Å²) in [6.45, 7) is 1.98. The minimum absolute atomic E-state index is 0.144. The van der Waals surface area contributed by atoms with E-state index >= 15 is 0 Å². The number of amides is 2. The first kappa shape index (κ1) is 19.9. The molecule has 1 heterocycles. The van der Waals surface area contributed by atoms with Gasteiger partial charge in [0.2, 0.25) is 17.7 Å². The van der Waals surface area contributed by atoms with Crippen LogP contribution in [0, 0.1) is 0 Å². The monoisotopic (exact) mass is 417 g/mol. The molecule has 0 spiro atoms. The maximum atomic E-state index is 12.4. The van der Waals surface area contributed by atoms with Crippen molar-refractivity contribution in [3.63, 3.8) is 0 Å². The number of oxazole rings is 1. The molecule has 1 aromatic heterocycles. The van der Waals surface area contributed by atoms with Crippen LogP contribution >= 0.6 is 23.2 Å². The Hall–Kier alpha value is -2.83. The van der Waals surface area contributed by atoms with Crippen LogP contribution < -0.4 is 5.32 Å². The number of hydrogen-bond donors (Lipinski definition) is 1. The maximum Gasteiger partial charge on any atom is 0.247 e. The second-order valence-electron chi connectivity index (χ2n) is 5.85. The Morgan fingerprint density at radius 1 is 1.14 bits per heavy atom. The quantitative estimate of drug-likeness (QED) is 0.592. The molecule has 3 rings (SSSR count). The van der Waals surface area contributed by atoms with Gasteiger partial charge in [0.05, 0.1) is 15.7 Å². The SMILES string of the molecule is CCN(CC(=O)Nc1c(Cl)cccc1Cl)C(=O)/C=C/c1nc2ccccc2o1. The fourth-order valence-corrected chi connectivity index (χ4v) is 3.02. The van der Waals surface area contributed by atoms with Crippen LogP contribution in [0.2, 0.25) is 10.0 Å². The highest BCUT2D eigenvalue weighted by Gasteiger charge is 2.16. The van der Waals surface area contributed by atoms with Crippen LogP contribution in [0.5, 0.6) is 0 Å². The van der Waals surface area contributed by atoms with Gasteiger partial charge >= 0.3 is 0 Å². The molecule has 0 bridgehead atoms. The number of fused-ring (bicyclic) bond motifs is 1. The number of halogens is 2. The third-order valence-electron chi connectivity index (χ3n) is 3.93. The lowest BCUT2D eigenvalue weighted by molar-refractivity contribution is -0.130. The molecule has 0 saturated heterocycles. The van der Waals surface area contributed by atoms with Crippen LogP contribution in [-0.4, -0.2) is 34.8 Å². The Balaban J connectivity index is 1.65. The molecule has 6 nitrogen and oxygen atoms in total. The van der Waals surface area contributed by atoms with Gasteiger partial charge in [0.1, 0.15) is 12.1 Å². The summed E-state index contributed by atoms with van der Waals surface area (Å²) in [7, 11) is 0. The molecular weight excluding hydrogens is 401 g/mol. The summed E-state index contributed by atoms with van der Waals surface area (Å²) in [5.41, 5.74) is 1.66. The molecule has 2 aromatic carbocycles. The summed E-state index contributed by atoms with van der Waals surface area (Å²) in [6.07, 6.45) is 2.80. The fraction of sp³-hybridized carbons (Fsp3) is 0.150. The summed E-state index contributed by atoms with van der Waals surface area (Å²) >= 11 is 12.1. The molecular formula is C20H17Cl2N3O3. The number of likely N-dealkylation sites (N-methyl/N-ethyl adjacent to an activating group) is 1. The van der Waals surface area contributed by atoms with E-state index in [1.807, 2.05) is 18.2 Å². The third-order valence-corrected chi connectivity index (χ3v) is 4.56. The van der Waals surface area contributed by atoms with Crippen LogP contribution in [0.3, 0.4) is 0 Å². The lowest BCUT2D eigenvalue weighted by atomic mass is 10.3. The first-order valence-corrected chi connectivity index (χ1v) is 9.30. The zero-order valence-electron chi connectivity index (χ0n) is 15.0. The van der Waals surface area contributed by atoms with Gasteiger partial charge in [-0.3, -0.25) is 9.59 Å². The Morgan fingerprint density at radius 3 is 2.54 bits per heavy atom. The van der Waals surface area contributed by atoms with Crippen molar-refractivity contribution >= 4 is 57.9 Å². The molecule has 28 heavy (non-hydrogen) atoms. The molecule has 0 fully saturated rings. The van der Waals surface area contributed by atoms with Crippen molar-refractivity contribution < 1.29 is 14.0 Å². The van der Waals surface area contributed by atoms with Crippen LogP contribution in [0.4, 0.5) is 5.69 Å². The van der Waals surface area contributed by atoms with Gasteiger partial charge in [-0.05, 0) is 31.2 Å². The predicted molar refractivity (Wildman–Crippen MR) is 110 cm³/mol. The van der Waals surface area contributed by atoms with Gasteiger partial charge in [-0.15, -0.1) is 0 Å². The normalized spacial score (nSPS) is 11.1. The summed E-state index contributed by atoms with van der Waals surface area (Å²) in [5.74, 6) is -0.427. The highest BCUT2D eigenvalue weighted by Crippen LogP contribution is 2.29. The number of nitrogens with zero attached hydrogens (tertiary/aromatic N) is 2. The minimum Gasteiger partial charge on any atom is -0.437 e. The molecule has 0 radical (unpaired) electrons. The Kier molecular flexibility index (Phi) is 6.34. The van der Waals surface area contributed by atoms with Crippen molar-refractivity contribution in [2.24, 2.45) is 0 Å². The molecule has 2 amide bonds. The molecule has 1 N–H and O–H groups in total. The largest absolute Gasteiger partial charge is 0.437 e. The first-order valence-electron chi connectivity index (χ1n) is 8.54. The summed E-state index contributed by atoms with van der Waals surface area (Å²) in [4.78, 5) is 30.4. The average molecular weight is 418 g/mol. The van der Waals surface area contributed by atoms with E-state index in [0.29, 0.717) is 39.3 Å². The van der Waals surface area contributed by atoms with Crippen LogP contribution in [-0.2, 0) is 9.59 Å². The molecule has 0 unspecified atom stereocenters. The summed E-state index contributed by atoms with van der Waals surface area (Å²) < 4.78 is 5.54. The minimum atomic E-state index is -0.402. The molecule has 8 heteroatoms. The molecule has 0 aliphatic rings. The summed E-state index contributed by atoms with van der Waals surface area (Å²) in [6, 6.07) is 12.2. The van der Waals surface area contributed by atoms with Gasteiger partial charge in [0.15, 0.2) is 5.58 Å². The smallest absolute Gasteiger partial charge is 0.247 e. The zero-order chi connectivity index (χ0) is 20.1. The molecule has 0 aliphatic heterocycles. The molecule has 0 aliphatic carbocycles. The van der Waals surface area contributed by atoms with Crippen molar-refractivity contribution in [2.75, 3.05) is 18.4 Å². The van der Waals surface area contributed by atoms with E-state index in [2.05, 4.69) is 10.3 Å². The van der Waals surface area contributed by atoms with Gasteiger partial charge in [-0.1, -0.05) is 41.4 Å². The van der Waals surface area contributed by atoms with Gasteiger partial charge in [-0.25, -0.2) is 4.98 Å². The maximum absolute atomic E-state index is 12.4. The number of carbonyl (C=O) groups excluding carboxylic acids is 2. The van der Waals surface area contributed by atoms with E-state index in [1.54, 1.807) is 31.2 Å². The number of carbonyl (C=O) groups is 2. The third kappa shape index (κ3) is 4.71. The van der Waals surface area contributed by atoms with E-state index in [0.717, 1.165) is 0 Å². The van der Waals surface area contributed by atoms with Gasteiger partial charge in [0.25, 0.3) is 0 Å². The Morgan fingerprint density at radius 2 is 1.86 bits per heavy atom. The highest BCUT2D eigenvalue weighted by molar-refractivity contribution is 6.39. The highest BCUT2D eigenvalue weighted by atomic mass is 35.5. The second-order valence-corrected chi connectivity index (χ2v) is 6.66. The van der Waals surface area contributed by atoms with Crippen LogP contribution in [0.15, 0.2) is 53.0 Å². The van der Waals surface area contributed by atoms with Crippen molar-refractivity contribution in [1.82, 2.24) is 9.88 Å².